The number of halogens is 2. The van der Waals surface area contributed by atoms with E-state index in [0.717, 1.165) is 66.9 Å². The van der Waals surface area contributed by atoms with E-state index in [1.165, 1.54) is 19.2 Å². The molecular formula is C26H30ClFN4O3. The maximum atomic E-state index is 13.7. The van der Waals surface area contributed by atoms with Crippen LogP contribution in [0.2, 0.25) is 5.02 Å². The first-order valence-electron chi connectivity index (χ1n) is 11.8. The van der Waals surface area contributed by atoms with Gasteiger partial charge in [-0.2, -0.15) is 5.10 Å². The van der Waals surface area contributed by atoms with E-state index in [-0.39, 0.29) is 5.02 Å². The summed E-state index contributed by atoms with van der Waals surface area (Å²) in [5.74, 6) is 0.845. The molecule has 7 nitrogen and oxygen atoms in total. The SMILES string of the molecule is COC=O.C[C@H]1CCc2c(ccc(-c3cnn(C4CCNCC4)c3)c2Oc2ccc(F)c(Cl)c2)N1. The van der Waals surface area contributed by atoms with Gasteiger partial charge in [0.2, 0.25) is 0 Å². The number of hydrogen-bond donors (Lipinski definition) is 2. The molecule has 0 bridgehead atoms. The molecule has 2 N–H and O–H groups in total. The minimum Gasteiger partial charge on any atom is -0.471 e. The van der Waals surface area contributed by atoms with Gasteiger partial charge in [0, 0.05) is 40.7 Å². The second kappa shape index (κ2) is 11.6. The molecule has 0 amide bonds. The normalized spacial score (nSPS) is 17.4. The van der Waals surface area contributed by atoms with Gasteiger partial charge in [-0.3, -0.25) is 9.48 Å². The molecule has 0 spiro atoms. The summed E-state index contributed by atoms with van der Waals surface area (Å²) in [7, 11) is 1.31. The number of ether oxygens (including phenoxy) is 2. The number of nitrogens with one attached hydrogen (secondary N) is 2. The fraction of sp³-hybridized carbons (Fsp3) is 0.385. The Labute approximate surface area is 209 Å². The third kappa shape index (κ3) is 5.94. The molecule has 2 aliphatic rings. The minimum atomic E-state index is -0.455. The Morgan fingerprint density at radius 1 is 1.20 bits per heavy atom. The van der Waals surface area contributed by atoms with Crippen molar-refractivity contribution in [3.05, 3.63) is 59.1 Å². The highest BCUT2D eigenvalue weighted by atomic mass is 35.5. The number of benzene rings is 2. The van der Waals surface area contributed by atoms with Gasteiger partial charge in [0.05, 0.1) is 24.4 Å². The summed E-state index contributed by atoms with van der Waals surface area (Å²) in [6, 6.07) is 9.49. The highest BCUT2D eigenvalue weighted by Gasteiger charge is 2.24. The average molecular weight is 501 g/mol. The molecule has 2 aliphatic heterocycles. The zero-order valence-electron chi connectivity index (χ0n) is 19.9. The van der Waals surface area contributed by atoms with Crippen molar-refractivity contribution in [1.82, 2.24) is 15.1 Å². The van der Waals surface area contributed by atoms with Gasteiger partial charge in [0.1, 0.15) is 17.3 Å². The van der Waals surface area contributed by atoms with E-state index < -0.39 is 5.82 Å². The van der Waals surface area contributed by atoms with Gasteiger partial charge in [0.15, 0.2) is 0 Å². The summed E-state index contributed by atoms with van der Waals surface area (Å²) in [6.45, 7) is 4.59. The van der Waals surface area contributed by atoms with Crippen LogP contribution in [0.1, 0.15) is 37.8 Å². The van der Waals surface area contributed by atoms with Crippen molar-refractivity contribution in [2.45, 2.75) is 44.7 Å². The number of rotatable bonds is 5. The lowest BCUT2D eigenvalue weighted by molar-refractivity contribution is -0.126. The van der Waals surface area contributed by atoms with Crippen molar-refractivity contribution in [2.24, 2.45) is 0 Å². The molecule has 1 saturated heterocycles. The molecule has 35 heavy (non-hydrogen) atoms. The Bertz CT molecular complexity index is 1160. The standard InChI is InChI=1S/C24H26ClFN4O.C2H4O2/c1-15-2-4-20-23(29-15)7-5-19(24(20)31-18-3-6-22(26)21(25)12-18)16-13-28-30(14-16)17-8-10-27-11-9-17;1-4-2-3/h3,5-7,12-15,17,27,29H,2,4,8-11H2,1H3;2H,1H3/t15-;/m0./s1. The lowest BCUT2D eigenvalue weighted by Gasteiger charge is -2.27. The van der Waals surface area contributed by atoms with Crippen molar-refractivity contribution in [3.8, 4) is 22.6 Å². The number of piperidine rings is 1. The van der Waals surface area contributed by atoms with Crippen LogP contribution in [0.15, 0.2) is 42.7 Å². The van der Waals surface area contributed by atoms with E-state index >= 15 is 0 Å². The largest absolute Gasteiger partial charge is 0.471 e. The summed E-state index contributed by atoms with van der Waals surface area (Å²) < 4.78 is 26.0. The number of nitrogens with zero attached hydrogens (tertiary/aromatic N) is 2. The molecule has 0 saturated carbocycles. The average Bonchev–Trinajstić information content (AvgIpc) is 3.37. The van der Waals surface area contributed by atoms with E-state index in [4.69, 9.17) is 21.1 Å². The molecule has 3 heterocycles. The Morgan fingerprint density at radius 2 is 1.97 bits per heavy atom. The molecule has 2 aromatic carbocycles. The molecule has 1 aromatic heterocycles. The van der Waals surface area contributed by atoms with E-state index in [1.54, 1.807) is 6.07 Å². The predicted octanol–water partition coefficient (Wildman–Crippen LogP) is 5.60. The third-order valence-corrected chi connectivity index (χ3v) is 6.58. The fourth-order valence-electron chi connectivity index (χ4n) is 4.46. The number of anilines is 1. The van der Waals surface area contributed by atoms with Crippen molar-refractivity contribution in [1.29, 1.82) is 0 Å². The van der Waals surface area contributed by atoms with E-state index in [1.807, 2.05) is 6.20 Å². The van der Waals surface area contributed by atoms with Crippen LogP contribution in [0.25, 0.3) is 11.1 Å². The van der Waals surface area contributed by atoms with Gasteiger partial charge in [-0.15, -0.1) is 0 Å². The Kier molecular flexibility index (Phi) is 8.25. The van der Waals surface area contributed by atoms with Crippen LogP contribution in [0.3, 0.4) is 0 Å². The first-order valence-corrected chi connectivity index (χ1v) is 12.1. The zero-order valence-corrected chi connectivity index (χ0v) is 20.6. The summed E-state index contributed by atoms with van der Waals surface area (Å²) in [5, 5.41) is 11.7. The van der Waals surface area contributed by atoms with Crippen LogP contribution in [-0.2, 0) is 16.0 Å². The summed E-state index contributed by atoms with van der Waals surface area (Å²) in [4.78, 5) is 8.95. The lowest BCUT2D eigenvalue weighted by atomic mass is 9.94. The number of hydrogen-bond acceptors (Lipinski definition) is 6. The van der Waals surface area contributed by atoms with Gasteiger partial charge in [-0.1, -0.05) is 11.6 Å². The van der Waals surface area contributed by atoms with Gasteiger partial charge in [0.25, 0.3) is 6.47 Å². The second-order valence-electron chi connectivity index (χ2n) is 8.75. The maximum Gasteiger partial charge on any atom is 0.292 e. The van der Waals surface area contributed by atoms with Gasteiger partial charge in [-0.25, -0.2) is 4.39 Å². The molecule has 1 fully saturated rings. The van der Waals surface area contributed by atoms with Crippen LogP contribution in [-0.4, -0.2) is 42.5 Å². The van der Waals surface area contributed by atoms with E-state index in [0.29, 0.717) is 24.3 Å². The molecule has 0 radical (unpaired) electrons. The summed E-state index contributed by atoms with van der Waals surface area (Å²) in [5.41, 5.74) is 4.21. The highest BCUT2D eigenvalue weighted by molar-refractivity contribution is 6.30. The number of methoxy groups -OCH3 is 1. The molecule has 5 rings (SSSR count). The predicted molar refractivity (Wildman–Crippen MR) is 135 cm³/mol. The molecule has 0 aliphatic carbocycles. The first kappa shape index (κ1) is 25.0. The van der Waals surface area contributed by atoms with Crippen molar-refractivity contribution in [3.63, 3.8) is 0 Å². The van der Waals surface area contributed by atoms with Crippen LogP contribution in [0.4, 0.5) is 10.1 Å². The van der Waals surface area contributed by atoms with Crippen molar-refractivity contribution in [2.75, 3.05) is 25.5 Å². The number of aromatic nitrogens is 2. The fourth-order valence-corrected chi connectivity index (χ4v) is 4.63. The molecule has 9 heteroatoms. The first-order chi connectivity index (χ1) is 17.0. The smallest absolute Gasteiger partial charge is 0.292 e. The van der Waals surface area contributed by atoms with Crippen molar-refractivity contribution >= 4 is 23.8 Å². The number of carbonyl (C=O) groups is 1. The molecule has 186 valence electrons. The molecule has 1 atom stereocenters. The van der Waals surface area contributed by atoms with E-state index in [9.17, 15) is 4.39 Å². The van der Waals surface area contributed by atoms with Crippen molar-refractivity contribution < 1.29 is 18.7 Å². The van der Waals surface area contributed by atoms with Gasteiger partial charge in [-0.05, 0) is 70.0 Å². The van der Waals surface area contributed by atoms with E-state index in [2.05, 4.69) is 50.4 Å². The van der Waals surface area contributed by atoms with Crippen LogP contribution in [0.5, 0.6) is 11.5 Å². The lowest BCUT2D eigenvalue weighted by Crippen LogP contribution is -2.29. The van der Waals surface area contributed by atoms with Crippen LogP contribution in [0, 0.1) is 5.82 Å². The van der Waals surface area contributed by atoms with Crippen LogP contribution >= 0.6 is 11.6 Å². The number of fused-ring (bicyclic) bond motifs is 1. The monoisotopic (exact) mass is 500 g/mol. The van der Waals surface area contributed by atoms with Gasteiger partial charge >= 0.3 is 0 Å². The van der Waals surface area contributed by atoms with Gasteiger partial charge < -0.3 is 20.1 Å². The Balaban J connectivity index is 0.000000672. The topological polar surface area (TPSA) is 77.4 Å². The molecule has 0 unspecified atom stereocenters. The molecular weight excluding hydrogens is 471 g/mol. The third-order valence-electron chi connectivity index (χ3n) is 6.29. The Hall–Kier alpha value is -3.10. The molecule has 3 aromatic rings. The Morgan fingerprint density at radius 3 is 2.69 bits per heavy atom. The summed E-state index contributed by atoms with van der Waals surface area (Å²) in [6.07, 6.45) is 8.10. The van der Waals surface area contributed by atoms with Crippen LogP contribution < -0.4 is 15.4 Å². The quantitative estimate of drug-likeness (QED) is 0.444. The minimum absolute atomic E-state index is 0.0503. The number of carbonyl (C=O) groups excluding carboxylic acids is 1. The maximum absolute atomic E-state index is 13.7. The summed E-state index contributed by atoms with van der Waals surface area (Å²) >= 11 is 6.00. The zero-order chi connectivity index (χ0) is 24.8. The highest BCUT2D eigenvalue weighted by Crippen LogP contribution is 2.43. The second-order valence-corrected chi connectivity index (χ2v) is 9.16.